The van der Waals surface area contributed by atoms with Crippen LogP contribution in [0.4, 0.5) is 0 Å². The fraction of sp³-hybridized carbons (Fsp3) is 1.00. The van der Waals surface area contributed by atoms with Gasteiger partial charge in [-0.05, 0) is 19.8 Å². The lowest BCUT2D eigenvalue weighted by Gasteiger charge is -2.04. The summed E-state index contributed by atoms with van der Waals surface area (Å²) in [4.78, 5) is 0. The van der Waals surface area contributed by atoms with Crippen LogP contribution in [0, 0.1) is 0 Å². The Balaban J connectivity index is 2.99. The largest absolute Gasteiger partial charge is 0.396 e. The van der Waals surface area contributed by atoms with Crippen molar-refractivity contribution in [2.24, 2.45) is 0 Å². The minimum absolute atomic E-state index is 0.372. The van der Waals surface area contributed by atoms with Gasteiger partial charge in [0, 0.05) is 19.8 Å². The summed E-state index contributed by atoms with van der Waals surface area (Å²) in [6.45, 7) is 4.29. The van der Waals surface area contributed by atoms with E-state index in [0.29, 0.717) is 6.61 Å². The van der Waals surface area contributed by atoms with Crippen LogP contribution in [0.25, 0.3) is 0 Å². The Kier molecular flexibility index (Phi) is 31.8. The molecule has 200 valence electrons. The monoisotopic (exact) mass is 468 g/mol. The third-order valence-corrected chi connectivity index (χ3v) is 7.15. The molecule has 0 aromatic heterocycles. The molecule has 0 saturated heterocycles. The molecule has 0 aromatic rings. The molecule has 33 heavy (non-hydrogen) atoms. The Morgan fingerprint density at radius 1 is 0.333 bits per heavy atom. The second kappa shape index (κ2) is 31.9. The molecule has 0 heterocycles. The summed E-state index contributed by atoms with van der Waals surface area (Å²) < 4.78 is 5.39. The average Bonchev–Trinajstić information content (AvgIpc) is 2.83. The van der Waals surface area contributed by atoms with Gasteiger partial charge in [0.2, 0.25) is 0 Å². The van der Waals surface area contributed by atoms with E-state index in [4.69, 9.17) is 9.84 Å². The molecule has 0 fully saturated rings. The van der Waals surface area contributed by atoms with Gasteiger partial charge in [0.05, 0.1) is 0 Å². The van der Waals surface area contributed by atoms with Crippen molar-refractivity contribution in [3.05, 3.63) is 0 Å². The molecule has 0 aromatic carbocycles. The van der Waals surface area contributed by atoms with Gasteiger partial charge in [-0.3, -0.25) is 0 Å². The van der Waals surface area contributed by atoms with Crippen LogP contribution in [0.5, 0.6) is 0 Å². The van der Waals surface area contributed by atoms with Crippen LogP contribution in [-0.2, 0) is 4.74 Å². The van der Waals surface area contributed by atoms with E-state index in [1.165, 1.54) is 167 Å². The van der Waals surface area contributed by atoms with E-state index < -0.39 is 0 Å². The maximum Gasteiger partial charge on any atom is 0.0465 e. The zero-order valence-corrected chi connectivity index (χ0v) is 23.1. The second-order valence-corrected chi connectivity index (χ2v) is 10.5. The van der Waals surface area contributed by atoms with Gasteiger partial charge in [0.15, 0.2) is 0 Å². The van der Waals surface area contributed by atoms with E-state index in [9.17, 15) is 0 Å². The summed E-state index contributed by atoms with van der Waals surface area (Å²) >= 11 is 0. The van der Waals surface area contributed by atoms with Gasteiger partial charge in [-0.25, -0.2) is 0 Å². The predicted molar refractivity (Wildman–Crippen MR) is 148 cm³/mol. The highest BCUT2D eigenvalue weighted by Crippen LogP contribution is 2.16. The summed E-state index contributed by atoms with van der Waals surface area (Å²) in [6, 6.07) is 0. The second-order valence-electron chi connectivity index (χ2n) is 10.5. The summed E-state index contributed by atoms with van der Waals surface area (Å²) in [5, 5.41) is 8.77. The average molecular weight is 469 g/mol. The van der Waals surface area contributed by atoms with E-state index in [-0.39, 0.29) is 0 Å². The maximum atomic E-state index is 8.77. The van der Waals surface area contributed by atoms with Crippen molar-refractivity contribution in [2.75, 3.05) is 19.8 Å². The molecule has 1 N–H and O–H groups in total. The lowest BCUT2D eigenvalue weighted by molar-refractivity contribution is 0.143. The molecule has 0 atom stereocenters. The van der Waals surface area contributed by atoms with E-state index in [1.54, 1.807) is 0 Å². The molecule has 0 aliphatic carbocycles. The number of hydrogen-bond donors (Lipinski definition) is 1. The minimum atomic E-state index is 0.372. The standard InChI is InChI=1S/C31H64O2/c1-2-33-31-29-27-25-23-21-19-17-15-13-11-9-7-5-3-4-6-8-10-12-14-16-18-20-22-24-26-28-30-32/h32H,2-31H2,1H3. The van der Waals surface area contributed by atoms with Gasteiger partial charge in [0.1, 0.15) is 0 Å². The SMILES string of the molecule is CCOCCCCCCCCCCCCCCCCCCCCCCCCCCCCCO. The third kappa shape index (κ3) is 31.9. The number of hydrogen-bond acceptors (Lipinski definition) is 2. The fourth-order valence-electron chi connectivity index (χ4n) is 4.88. The Morgan fingerprint density at radius 3 is 0.758 bits per heavy atom. The molecule has 0 aliphatic heterocycles. The lowest BCUT2D eigenvalue weighted by atomic mass is 10.0. The molecule has 2 heteroatoms. The van der Waals surface area contributed by atoms with Crippen molar-refractivity contribution in [3.8, 4) is 0 Å². The van der Waals surface area contributed by atoms with E-state index in [2.05, 4.69) is 6.92 Å². The Bertz CT molecular complexity index is 288. The minimum Gasteiger partial charge on any atom is -0.396 e. The van der Waals surface area contributed by atoms with Crippen LogP contribution >= 0.6 is 0 Å². The summed E-state index contributed by atoms with van der Waals surface area (Å²) in [7, 11) is 0. The van der Waals surface area contributed by atoms with Crippen molar-refractivity contribution < 1.29 is 9.84 Å². The third-order valence-electron chi connectivity index (χ3n) is 7.15. The zero-order valence-electron chi connectivity index (χ0n) is 23.1. The highest BCUT2D eigenvalue weighted by molar-refractivity contribution is 4.52. The molecule has 0 saturated carbocycles. The van der Waals surface area contributed by atoms with Gasteiger partial charge in [-0.2, -0.15) is 0 Å². The van der Waals surface area contributed by atoms with Crippen molar-refractivity contribution >= 4 is 0 Å². The summed E-state index contributed by atoms with van der Waals surface area (Å²) in [5.41, 5.74) is 0. The molecule has 0 unspecified atom stereocenters. The Hall–Kier alpha value is -0.0800. The predicted octanol–water partition coefficient (Wildman–Crippen LogP) is 10.5. The van der Waals surface area contributed by atoms with Crippen molar-refractivity contribution in [3.63, 3.8) is 0 Å². The van der Waals surface area contributed by atoms with Gasteiger partial charge >= 0.3 is 0 Å². The number of unbranched alkanes of at least 4 members (excludes halogenated alkanes) is 26. The summed E-state index contributed by atoms with van der Waals surface area (Å²) in [6.07, 6.45) is 38.1. The van der Waals surface area contributed by atoms with Gasteiger partial charge in [-0.1, -0.05) is 161 Å². The topological polar surface area (TPSA) is 29.5 Å². The van der Waals surface area contributed by atoms with Crippen LogP contribution in [0.2, 0.25) is 0 Å². The highest BCUT2D eigenvalue weighted by Gasteiger charge is 1.96. The highest BCUT2D eigenvalue weighted by atomic mass is 16.5. The molecule has 0 aliphatic rings. The van der Waals surface area contributed by atoms with Gasteiger partial charge in [-0.15, -0.1) is 0 Å². The van der Waals surface area contributed by atoms with Crippen LogP contribution in [0.3, 0.4) is 0 Å². The first-order valence-corrected chi connectivity index (χ1v) is 15.6. The smallest absolute Gasteiger partial charge is 0.0465 e. The van der Waals surface area contributed by atoms with Crippen molar-refractivity contribution in [2.45, 2.75) is 180 Å². The van der Waals surface area contributed by atoms with Crippen LogP contribution in [-0.4, -0.2) is 24.9 Å². The summed E-state index contributed by atoms with van der Waals surface area (Å²) in [5.74, 6) is 0. The Labute approximate surface area is 210 Å². The maximum absolute atomic E-state index is 8.77. The molecular weight excluding hydrogens is 404 g/mol. The number of ether oxygens (including phenoxy) is 1. The van der Waals surface area contributed by atoms with E-state index in [0.717, 1.165) is 19.6 Å². The number of aliphatic hydroxyl groups excluding tert-OH is 1. The molecule has 0 spiro atoms. The molecule has 0 amide bonds. The molecular formula is C31H64O2. The first-order valence-electron chi connectivity index (χ1n) is 15.6. The zero-order chi connectivity index (χ0) is 23.9. The number of rotatable bonds is 30. The van der Waals surface area contributed by atoms with Gasteiger partial charge in [0.25, 0.3) is 0 Å². The lowest BCUT2D eigenvalue weighted by Crippen LogP contribution is -1.92. The van der Waals surface area contributed by atoms with Crippen LogP contribution in [0.15, 0.2) is 0 Å². The number of aliphatic hydroxyl groups is 1. The van der Waals surface area contributed by atoms with E-state index >= 15 is 0 Å². The first kappa shape index (κ1) is 32.9. The molecule has 0 rings (SSSR count). The van der Waals surface area contributed by atoms with Crippen LogP contribution in [0.1, 0.15) is 180 Å². The van der Waals surface area contributed by atoms with E-state index in [1.807, 2.05) is 0 Å². The Morgan fingerprint density at radius 2 is 0.545 bits per heavy atom. The molecule has 0 radical (unpaired) electrons. The van der Waals surface area contributed by atoms with Crippen LogP contribution < -0.4 is 0 Å². The first-order chi connectivity index (χ1) is 16.4. The molecule has 0 bridgehead atoms. The fourth-order valence-corrected chi connectivity index (χ4v) is 4.88. The van der Waals surface area contributed by atoms with Crippen molar-refractivity contribution in [1.29, 1.82) is 0 Å². The normalized spacial score (nSPS) is 11.5. The van der Waals surface area contributed by atoms with Gasteiger partial charge < -0.3 is 9.84 Å². The van der Waals surface area contributed by atoms with Crippen molar-refractivity contribution in [1.82, 2.24) is 0 Å². The molecule has 2 nitrogen and oxygen atoms in total. The quantitative estimate of drug-likeness (QED) is 0.106.